The molecule has 0 saturated carbocycles. The van der Waals surface area contributed by atoms with Gasteiger partial charge < -0.3 is 15.0 Å². The Labute approximate surface area is 190 Å². The molecule has 2 aromatic rings. The number of nitrogens with one attached hydrogen (secondary N) is 1. The van der Waals surface area contributed by atoms with Gasteiger partial charge in [-0.3, -0.25) is 9.59 Å². The molecular formula is C25H34N2O3S. The first-order chi connectivity index (χ1) is 15.1. The van der Waals surface area contributed by atoms with Crippen molar-refractivity contribution in [3.05, 3.63) is 65.7 Å². The number of carbonyl (C=O) groups is 2. The van der Waals surface area contributed by atoms with Gasteiger partial charge in [0, 0.05) is 18.8 Å². The lowest BCUT2D eigenvalue weighted by Gasteiger charge is -2.30. The number of hydrogen-bond donors (Lipinski definition) is 1. The first-order valence-corrected chi connectivity index (χ1v) is 12.1. The summed E-state index contributed by atoms with van der Waals surface area (Å²) in [4.78, 5) is 27.6. The van der Waals surface area contributed by atoms with E-state index in [0.717, 1.165) is 35.5 Å². The minimum Gasteiger partial charge on any atom is -0.497 e. The second kappa shape index (κ2) is 13.8. The summed E-state index contributed by atoms with van der Waals surface area (Å²) in [5, 5.41) is 2.96. The Kier molecular flexibility index (Phi) is 11.0. The fourth-order valence-corrected chi connectivity index (χ4v) is 4.19. The summed E-state index contributed by atoms with van der Waals surface area (Å²) in [7, 11) is 1.65. The maximum absolute atomic E-state index is 13.1. The lowest BCUT2D eigenvalue weighted by molar-refractivity contribution is -0.138. The molecule has 5 nitrogen and oxygen atoms in total. The third kappa shape index (κ3) is 8.29. The number of methoxy groups -OCH3 is 1. The second-order valence-electron chi connectivity index (χ2n) is 7.38. The molecule has 0 aliphatic carbocycles. The summed E-state index contributed by atoms with van der Waals surface area (Å²) >= 11 is 1.57. The van der Waals surface area contributed by atoms with Gasteiger partial charge in [-0.1, -0.05) is 56.3 Å². The standard InChI is InChI=1S/C25H34N2O3S/c1-4-16-26-25(29)23(5-2)27(17-15-20-9-7-6-8-10-20)24(28)19-31-18-21-11-13-22(30-3)14-12-21/h6-14,23H,4-5,15-19H2,1-3H3,(H,26,29). The van der Waals surface area contributed by atoms with Gasteiger partial charge in [0.2, 0.25) is 11.8 Å². The quantitative estimate of drug-likeness (QED) is 0.502. The molecule has 2 rings (SSSR count). The zero-order valence-electron chi connectivity index (χ0n) is 18.8. The molecule has 31 heavy (non-hydrogen) atoms. The number of amides is 2. The third-order valence-electron chi connectivity index (χ3n) is 5.07. The average Bonchev–Trinajstić information content (AvgIpc) is 2.81. The van der Waals surface area contributed by atoms with Crippen LogP contribution in [0.15, 0.2) is 54.6 Å². The topological polar surface area (TPSA) is 58.6 Å². The molecule has 0 aliphatic heterocycles. The zero-order chi connectivity index (χ0) is 22.5. The summed E-state index contributed by atoms with van der Waals surface area (Å²) in [5.74, 6) is 1.85. The van der Waals surface area contributed by atoms with Gasteiger partial charge in [0.25, 0.3) is 0 Å². The summed E-state index contributed by atoms with van der Waals surface area (Å²) in [6, 6.07) is 17.5. The first-order valence-electron chi connectivity index (χ1n) is 10.9. The van der Waals surface area contributed by atoms with Gasteiger partial charge in [-0.05, 0) is 42.5 Å². The maximum Gasteiger partial charge on any atom is 0.242 e. The molecule has 1 unspecified atom stereocenters. The fraction of sp³-hybridized carbons (Fsp3) is 0.440. The van der Waals surface area contributed by atoms with E-state index < -0.39 is 6.04 Å². The van der Waals surface area contributed by atoms with Crippen LogP contribution in [0.2, 0.25) is 0 Å². The third-order valence-corrected chi connectivity index (χ3v) is 6.06. The zero-order valence-corrected chi connectivity index (χ0v) is 19.6. The molecule has 6 heteroatoms. The van der Waals surface area contributed by atoms with E-state index in [0.29, 0.717) is 25.3 Å². The lowest BCUT2D eigenvalue weighted by Crippen LogP contribution is -2.50. The number of nitrogens with zero attached hydrogens (tertiary/aromatic N) is 1. The highest BCUT2D eigenvalue weighted by molar-refractivity contribution is 7.99. The van der Waals surface area contributed by atoms with E-state index in [1.807, 2.05) is 56.3 Å². The minimum absolute atomic E-state index is 0.00735. The second-order valence-corrected chi connectivity index (χ2v) is 8.36. The Balaban J connectivity index is 2.01. The first kappa shape index (κ1) is 24.8. The van der Waals surface area contributed by atoms with Crippen LogP contribution in [0.1, 0.15) is 37.8 Å². The number of thioether (sulfide) groups is 1. The molecule has 0 aliphatic rings. The number of carbonyl (C=O) groups excluding carboxylic acids is 2. The van der Waals surface area contributed by atoms with E-state index in [9.17, 15) is 9.59 Å². The number of rotatable bonds is 13. The van der Waals surface area contributed by atoms with Crippen LogP contribution in [0.5, 0.6) is 5.75 Å². The number of benzene rings is 2. The highest BCUT2D eigenvalue weighted by Crippen LogP contribution is 2.18. The molecule has 0 saturated heterocycles. The summed E-state index contributed by atoms with van der Waals surface area (Å²) < 4.78 is 5.19. The summed E-state index contributed by atoms with van der Waals surface area (Å²) in [6.07, 6.45) is 2.20. The van der Waals surface area contributed by atoms with Gasteiger partial charge in [-0.15, -0.1) is 11.8 Å². The predicted molar refractivity (Wildman–Crippen MR) is 128 cm³/mol. The lowest BCUT2D eigenvalue weighted by atomic mass is 10.1. The van der Waals surface area contributed by atoms with Crippen molar-refractivity contribution in [3.8, 4) is 5.75 Å². The molecule has 1 N–H and O–H groups in total. The van der Waals surface area contributed by atoms with Crippen LogP contribution in [-0.4, -0.2) is 48.7 Å². The van der Waals surface area contributed by atoms with Gasteiger partial charge in [0.1, 0.15) is 11.8 Å². The Hall–Kier alpha value is -2.47. The molecule has 2 aromatic carbocycles. The summed E-state index contributed by atoms with van der Waals surface area (Å²) in [6.45, 7) is 5.14. The van der Waals surface area contributed by atoms with Gasteiger partial charge >= 0.3 is 0 Å². The highest BCUT2D eigenvalue weighted by Gasteiger charge is 2.27. The van der Waals surface area contributed by atoms with E-state index >= 15 is 0 Å². The van der Waals surface area contributed by atoms with Crippen molar-refractivity contribution in [2.24, 2.45) is 0 Å². The van der Waals surface area contributed by atoms with Crippen LogP contribution in [-0.2, 0) is 21.8 Å². The van der Waals surface area contributed by atoms with Crippen LogP contribution in [0.3, 0.4) is 0 Å². The molecule has 1 atom stereocenters. The monoisotopic (exact) mass is 442 g/mol. The van der Waals surface area contributed by atoms with E-state index in [4.69, 9.17) is 4.74 Å². The van der Waals surface area contributed by atoms with Crippen LogP contribution in [0.4, 0.5) is 0 Å². The highest BCUT2D eigenvalue weighted by atomic mass is 32.2. The summed E-state index contributed by atoms with van der Waals surface area (Å²) in [5.41, 5.74) is 2.30. The van der Waals surface area contributed by atoms with Gasteiger partial charge in [0.15, 0.2) is 0 Å². The van der Waals surface area contributed by atoms with Crippen LogP contribution < -0.4 is 10.1 Å². The molecule has 168 valence electrons. The fourth-order valence-electron chi connectivity index (χ4n) is 3.32. The molecule has 0 aromatic heterocycles. The van der Waals surface area contributed by atoms with Gasteiger partial charge in [-0.25, -0.2) is 0 Å². The smallest absolute Gasteiger partial charge is 0.242 e. The molecule has 0 fully saturated rings. The van der Waals surface area contributed by atoms with Gasteiger partial charge in [0.05, 0.1) is 12.9 Å². The molecule has 0 spiro atoms. The minimum atomic E-state index is -0.440. The van der Waals surface area contributed by atoms with Crippen LogP contribution in [0.25, 0.3) is 0 Å². The van der Waals surface area contributed by atoms with Crippen molar-refractivity contribution in [3.63, 3.8) is 0 Å². The molecular weight excluding hydrogens is 408 g/mol. The largest absolute Gasteiger partial charge is 0.497 e. The average molecular weight is 443 g/mol. The SMILES string of the molecule is CCCNC(=O)C(CC)N(CCc1ccccc1)C(=O)CSCc1ccc(OC)cc1. The van der Waals surface area contributed by atoms with E-state index in [1.165, 1.54) is 0 Å². The molecule has 0 radical (unpaired) electrons. The van der Waals surface area contributed by atoms with Crippen molar-refractivity contribution in [1.29, 1.82) is 0 Å². The maximum atomic E-state index is 13.1. The van der Waals surface area contributed by atoms with Crippen LogP contribution >= 0.6 is 11.8 Å². The Bertz CT molecular complexity index is 796. The Morgan fingerprint density at radius 3 is 2.35 bits per heavy atom. The Morgan fingerprint density at radius 1 is 1.03 bits per heavy atom. The predicted octanol–water partition coefficient (Wildman–Crippen LogP) is 4.30. The van der Waals surface area contributed by atoms with Crippen molar-refractivity contribution >= 4 is 23.6 Å². The Morgan fingerprint density at radius 2 is 1.74 bits per heavy atom. The van der Waals surface area contributed by atoms with Crippen molar-refractivity contribution in [2.75, 3.05) is 26.0 Å². The molecule has 2 amide bonds. The van der Waals surface area contributed by atoms with Crippen LogP contribution in [0, 0.1) is 0 Å². The van der Waals surface area contributed by atoms with E-state index in [2.05, 4.69) is 17.4 Å². The molecule has 0 heterocycles. The number of ether oxygens (including phenoxy) is 1. The van der Waals surface area contributed by atoms with E-state index in [1.54, 1.807) is 23.8 Å². The number of hydrogen-bond acceptors (Lipinski definition) is 4. The molecule has 0 bridgehead atoms. The van der Waals surface area contributed by atoms with Crippen molar-refractivity contribution in [1.82, 2.24) is 10.2 Å². The van der Waals surface area contributed by atoms with Crippen molar-refractivity contribution < 1.29 is 14.3 Å². The van der Waals surface area contributed by atoms with Crippen molar-refractivity contribution in [2.45, 2.75) is 44.9 Å². The van der Waals surface area contributed by atoms with Gasteiger partial charge in [-0.2, -0.15) is 0 Å². The van der Waals surface area contributed by atoms with E-state index in [-0.39, 0.29) is 11.8 Å². The normalized spacial score (nSPS) is 11.6.